The number of ether oxygens (including phenoxy) is 1. The monoisotopic (exact) mass is 485 g/mol. The maximum absolute atomic E-state index is 13.1. The molecule has 1 saturated heterocycles. The Labute approximate surface area is 199 Å². The van der Waals surface area contributed by atoms with Crippen LogP contribution >= 0.6 is 11.6 Å². The Morgan fingerprint density at radius 2 is 1.94 bits per heavy atom. The standard InChI is InChI=1S/C23H24ClN5O5/c1-3-34-22(32)15-5-4-10-28(12-15)18(30)13-29-21(31)17-11-25-19(14-6-8-16(24)9-7-14)26-20(17)27(2)23(29)33/h6-9,11,15H,3-5,10,12-13H2,1-2H3/t15-/m0/s1. The van der Waals surface area contributed by atoms with E-state index in [1.165, 1.54) is 22.7 Å². The van der Waals surface area contributed by atoms with Crippen molar-refractivity contribution in [2.45, 2.75) is 26.3 Å². The smallest absolute Gasteiger partial charge is 0.332 e. The number of esters is 1. The van der Waals surface area contributed by atoms with Gasteiger partial charge in [-0.25, -0.2) is 14.8 Å². The van der Waals surface area contributed by atoms with Crippen molar-refractivity contribution in [1.82, 2.24) is 24.0 Å². The van der Waals surface area contributed by atoms with Gasteiger partial charge in [0.1, 0.15) is 11.9 Å². The fraction of sp³-hybridized carbons (Fsp3) is 0.391. The molecule has 34 heavy (non-hydrogen) atoms. The maximum Gasteiger partial charge on any atom is 0.332 e. The van der Waals surface area contributed by atoms with E-state index in [2.05, 4.69) is 9.97 Å². The van der Waals surface area contributed by atoms with E-state index in [4.69, 9.17) is 16.3 Å². The normalized spacial score (nSPS) is 16.0. The number of amides is 1. The Balaban J connectivity index is 1.63. The quantitative estimate of drug-likeness (QED) is 0.504. The fourth-order valence-electron chi connectivity index (χ4n) is 4.05. The molecular formula is C23H24ClN5O5. The zero-order chi connectivity index (χ0) is 24.4. The van der Waals surface area contributed by atoms with Crippen molar-refractivity contribution in [3.05, 3.63) is 56.3 Å². The molecule has 11 heteroatoms. The number of hydrogen-bond acceptors (Lipinski definition) is 7. The van der Waals surface area contributed by atoms with Gasteiger partial charge in [0.15, 0.2) is 11.5 Å². The lowest BCUT2D eigenvalue weighted by molar-refractivity contribution is -0.151. The van der Waals surface area contributed by atoms with Crippen LogP contribution in [0.3, 0.4) is 0 Å². The first-order valence-electron chi connectivity index (χ1n) is 11.0. The van der Waals surface area contributed by atoms with Crippen LogP contribution in [0.15, 0.2) is 40.1 Å². The molecule has 1 fully saturated rings. The van der Waals surface area contributed by atoms with Gasteiger partial charge in [-0.2, -0.15) is 0 Å². The average molecular weight is 486 g/mol. The fourth-order valence-corrected chi connectivity index (χ4v) is 4.18. The molecule has 4 rings (SSSR count). The van der Waals surface area contributed by atoms with E-state index in [-0.39, 0.29) is 30.2 Å². The lowest BCUT2D eigenvalue weighted by Gasteiger charge is -2.31. The van der Waals surface area contributed by atoms with Crippen LogP contribution in [-0.4, -0.2) is 55.6 Å². The SMILES string of the molecule is CCOC(=O)[C@H]1CCCN(C(=O)Cn2c(=O)c3cnc(-c4ccc(Cl)cc4)nc3n(C)c2=O)C1. The highest BCUT2D eigenvalue weighted by molar-refractivity contribution is 6.30. The molecule has 1 aliphatic rings. The Bertz CT molecular complexity index is 1370. The van der Waals surface area contributed by atoms with E-state index in [1.54, 1.807) is 31.2 Å². The van der Waals surface area contributed by atoms with Gasteiger partial charge >= 0.3 is 11.7 Å². The van der Waals surface area contributed by atoms with Crippen molar-refractivity contribution < 1.29 is 14.3 Å². The molecule has 0 bridgehead atoms. The third kappa shape index (κ3) is 4.58. The Morgan fingerprint density at radius 1 is 1.21 bits per heavy atom. The molecule has 1 aromatic carbocycles. The topological polar surface area (TPSA) is 116 Å². The minimum atomic E-state index is -0.662. The average Bonchev–Trinajstić information content (AvgIpc) is 2.85. The second-order valence-electron chi connectivity index (χ2n) is 8.10. The molecule has 3 heterocycles. The van der Waals surface area contributed by atoms with Gasteiger partial charge in [0.05, 0.1) is 12.5 Å². The highest BCUT2D eigenvalue weighted by Crippen LogP contribution is 2.20. The lowest BCUT2D eigenvalue weighted by Crippen LogP contribution is -2.48. The van der Waals surface area contributed by atoms with Crippen molar-refractivity contribution >= 4 is 34.5 Å². The number of aromatic nitrogens is 4. The highest BCUT2D eigenvalue weighted by Gasteiger charge is 2.30. The van der Waals surface area contributed by atoms with Crippen LogP contribution in [0.4, 0.5) is 0 Å². The van der Waals surface area contributed by atoms with Crippen molar-refractivity contribution in [2.75, 3.05) is 19.7 Å². The predicted octanol–water partition coefficient (Wildman–Crippen LogP) is 1.61. The van der Waals surface area contributed by atoms with Crippen molar-refractivity contribution in [2.24, 2.45) is 13.0 Å². The summed E-state index contributed by atoms with van der Waals surface area (Å²) in [5.41, 5.74) is -0.461. The third-order valence-electron chi connectivity index (χ3n) is 5.87. The molecular weight excluding hydrogens is 462 g/mol. The molecule has 0 saturated carbocycles. The Morgan fingerprint density at radius 3 is 2.65 bits per heavy atom. The first-order chi connectivity index (χ1) is 16.3. The summed E-state index contributed by atoms with van der Waals surface area (Å²) in [5.74, 6) is -0.821. The minimum Gasteiger partial charge on any atom is -0.466 e. The summed E-state index contributed by atoms with van der Waals surface area (Å²) in [7, 11) is 1.49. The van der Waals surface area contributed by atoms with Gasteiger partial charge in [-0.3, -0.25) is 23.5 Å². The summed E-state index contributed by atoms with van der Waals surface area (Å²) >= 11 is 5.93. The number of piperidine rings is 1. The largest absolute Gasteiger partial charge is 0.466 e. The number of nitrogens with zero attached hydrogens (tertiary/aromatic N) is 5. The number of likely N-dealkylation sites (tertiary alicyclic amines) is 1. The first kappa shape index (κ1) is 23.6. The lowest BCUT2D eigenvalue weighted by atomic mass is 9.98. The molecule has 3 aromatic rings. The number of hydrogen-bond donors (Lipinski definition) is 0. The van der Waals surface area contributed by atoms with Crippen LogP contribution in [0, 0.1) is 5.92 Å². The first-order valence-corrected chi connectivity index (χ1v) is 11.3. The number of fused-ring (bicyclic) bond motifs is 1. The van der Waals surface area contributed by atoms with Gasteiger partial charge in [-0.05, 0) is 44.0 Å². The summed E-state index contributed by atoms with van der Waals surface area (Å²) in [5, 5.41) is 0.683. The maximum atomic E-state index is 13.1. The van der Waals surface area contributed by atoms with E-state index in [9.17, 15) is 19.2 Å². The number of carbonyl (C=O) groups is 2. The second-order valence-corrected chi connectivity index (χ2v) is 8.54. The van der Waals surface area contributed by atoms with Crippen LogP contribution in [0.25, 0.3) is 22.4 Å². The molecule has 2 aromatic heterocycles. The number of rotatable bonds is 5. The van der Waals surface area contributed by atoms with Crippen molar-refractivity contribution in [1.29, 1.82) is 0 Å². The minimum absolute atomic E-state index is 0.121. The molecule has 178 valence electrons. The second kappa shape index (κ2) is 9.76. The number of aryl methyl sites for hydroxylation is 1. The number of halogens is 1. The molecule has 0 aliphatic carbocycles. The molecule has 0 radical (unpaired) electrons. The van der Waals surface area contributed by atoms with Crippen LogP contribution in [0.5, 0.6) is 0 Å². The van der Waals surface area contributed by atoms with Crippen molar-refractivity contribution in [3.8, 4) is 11.4 Å². The van der Waals surface area contributed by atoms with Crippen molar-refractivity contribution in [3.63, 3.8) is 0 Å². The zero-order valence-corrected chi connectivity index (χ0v) is 19.6. The van der Waals surface area contributed by atoms with Crippen LogP contribution in [0.1, 0.15) is 19.8 Å². The predicted molar refractivity (Wildman–Crippen MR) is 125 cm³/mol. The van der Waals surface area contributed by atoms with Crippen LogP contribution < -0.4 is 11.2 Å². The van der Waals surface area contributed by atoms with E-state index in [0.29, 0.717) is 35.8 Å². The summed E-state index contributed by atoms with van der Waals surface area (Å²) in [6, 6.07) is 6.87. The Kier molecular flexibility index (Phi) is 6.78. The van der Waals surface area contributed by atoms with E-state index in [0.717, 1.165) is 4.57 Å². The molecule has 1 amide bonds. The van der Waals surface area contributed by atoms with Gasteiger partial charge < -0.3 is 9.64 Å². The Hall–Kier alpha value is -3.53. The number of benzene rings is 1. The zero-order valence-electron chi connectivity index (χ0n) is 18.9. The van der Waals surface area contributed by atoms with Gasteiger partial charge in [0, 0.05) is 36.9 Å². The van der Waals surface area contributed by atoms with E-state index < -0.39 is 29.6 Å². The van der Waals surface area contributed by atoms with Crippen LogP contribution in [-0.2, 0) is 27.9 Å². The molecule has 1 aliphatic heterocycles. The van der Waals surface area contributed by atoms with E-state index >= 15 is 0 Å². The van der Waals surface area contributed by atoms with Gasteiger partial charge in [-0.1, -0.05) is 11.6 Å². The highest BCUT2D eigenvalue weighted by atomic mass is 35.5. The van der Waals surface area contributed by atoms with Crippen LogP contribution in [0.2, 0.25) is 5.02 Å². The summed E-state index contributed by atoms with van der Waals surface area (Å²) in [4.78, 5) is 61.2. The van der Waals surface area contributed by atoms with Gasteiger partial charge in [0.2, 0.25) is 5.91 Å². The molecule has 10 nitrogen and oxygen atoms in total. The molecule has 0 N–H and O–H groups in total. The van der Waals surface area contributed by atoms with E-state index in [1.807, 2.05) is 0 Å². The molecule has 1 atom stereocenters. The van der Waals surface area contributed by atoms with Gasteiger partial charge in [0.25, 0.3) is 5.56 Å². The summed E-state index contributed by atoms with van der Waals surface area (Å²) < 4.78 is 7.18. The third-order valence-corrected chi connectivity index (χ3v) is 6.12. The summed E-state index contributed by atoms with van der Waals surface area (Å²) in [6.07, 6.45) is 2.63. The molecule has 0 unspecified atom stereocenters. The number of carbonyl (C=O) groups excluding carboxylic acids is 2. The summed E-state index contributed by atoms with van der Waals surface area (Å²) in [6.45, 7) is 2.22. The molecule has 0 spiro atoms. The van der Waals surface area contributed by atoms with Gasteiger partial charge in [-0.15, -0.1) is 0 Å².